The number of hydrogen-bond donors (Lipinski definition) is 2. The van der Waals surface area contributed by atoms with Crippen molar-refractivity contribution in [1.29, 1.82) is 0 Å². The molecule has 0 unspecified atom stereocenters. The van der Waals surface area contributed by atoms with Crippen LogP contribution < -0.4 is 19.6 Å². The molecule has 1 aliphatic heterocycles. The molecule has 0 saturated heterocycles. The fourth-order valence-electron chi connectivity index (χ4n) is 4.54. The first-order valence-electron chi connectivity index (χ1n) is 11.6. The van der Waals surface area contributed by atoms with Crippen LogP contribution in [0.2, 0.25) is 0 Å². The van der Waals surface area contributed by atoms with Crippen molar-refractivity contribution in [1.82, 2.24) is 0 Å². The molecular formula is C29H24O8. The molecule has 1 aliphatic rings. The molecule has 2 N–H and O–H groups in total. The third-order valence-electron chi connectivity index (χ3n) is 6.17. The fraction of sp³-hybridized carbons (Fsp3) is 0.172. The van der Waals surface area contributed by atoms with Crippen molar-refractivity contribution < 1.29 is 33.6 Å². The van der Waals surface area contributed by atoms with E-state index in [1.165, 1.54) is 13.2 Å². The number of para-hydroxylation sites is 1. The number of aromatic hydroxyl groups is 2. The Morgan fingerprint density at radius 2 is 1.84 bits per heavy atom. The number of methoxy groups -OCH3 is 1. The Morgan fingerprint density at radius 1 is 1.08 bits per heavy atom. The van der Waals surface area contributed by atoms with Crippen molar-refractivity contribution in [2.24, 2.45) is 0 Å². The van der Waals surface area contributed by atoms with Crippen molar-refractivity contribution in [3.63, 3.8) is 0 Å². The van der Waals surface area contributed by atoms with E-state index in [9.17, 15) is 19.8 Å². The summed E-state index contributed by atoms with van der Waals surface area (Å²) in [5.41, 5.74) is 1.65. The van der Waals surface area contributed by atoms with Crippen molar-refractivity contribution in [3.05, 3.63) is 88.1 Å². The number of fused-ring (bicyclic) bond motifs is 3. The van der Waals surface area contributed by atoms with Crippen LogP contribution in [0.1, 0.15) is 30.4 Å². The molecule has 8 heteroatoms. The summed E-state index contributed by atoms with van der Waals surface area (Å²) in [5.74, 6) is -2.04. The van der Waals surface area contributed by atoms with Gasteiger partial charge in [0.1, 0.15) is 23.3 Å². The van der Waals surface area contributed by atoms with E-state index < -0.39 is 28.8 Å². The molecule has 1 aromatic heterocycles. The molecule has 2 heterocycles. The summed E-state index contributed by atoms with van der Waals surface area (Å²) < 4.78 is 23.1. The summed E-state index contributed by atoms with van der Waals surface area (Å²) >= 11 is 0. The van der Waals surface area contributed by atoms with Gasteiger partial charge in [-0.15, -0.1) is 0 Å². The van der Waals surface area contributed by atoms with Crippen LogP contribution in [0.15, 0.2) is 76.0 Å². The Morgan fingerprint density at radius 3 is 2.54 bits per heavy atom. The van der Waals surface area contributed by atoms with E-state index in [0.717, 1.165) is 5.57 Å². The SMILES string of the molecule is C=C(C)COc1c(OC)cccc1[C@H]1CC(=O)Oc2c(O)c(O)c3c(=O)cc(-c4ccccc4)oc3c21. The molecule has 0 radical (unpaired) electrons. The van der Waals surface area contributed by atoms with E-state index in [1.54, 1.807) is 42.5 Å². The van der Waals surface area contributed by atoms with E-state index in [-0.39, 0.29) is 41.1 Å². The summed E-state index contributed by atoms with van der Waals surface area (Å²) in [4.78, 5) is 25.9. The van der Waals surface area contributed by atoms with Gasteiger partial charge in [0.2, 0.25) is 5.75 Å². The molecule has 4 aromatic rings. The first-order chi connectivity index (χ1) is 17.8. The highest BCUT2D eigenvalue weighted by Crippen LogP contribution is 2.54. The predicted molar refractivity (Wildman–Crippen MR) is 137 cm³/mol. The Hall–Kier alpha value is -4.72. The lowest BCUT2D eigenvalue weighted by Crippen LogP contribution is -2.23. The maximum absolute atomic E-state index is 13.2. The molecule has 1 atom stereocenters. The second-order valence-corrected chi connectivity index (χ2v) is 8.84. The van der Waals surface area contributed by atoms with Crippen molar-refractivity contribution in [3.8, 4) is 40.1 Å². The van der Waals surface area contributed by atoms with Crippen molar-refractivity contribution >= 4 is 16.9 Å². The van der Waals surface area contributed by atoms with Crippen LogP contribution in [0.25, 0.3) is 22.3 Å². The van der Waals surface area contributed by atoms with Gasteiger partial charge in [-0.1, -0.05) is 49.0 Å². The smallest absolute Gasteiger partial charge is 0.312 e. The molecule has 37 heavy (non-hydrogen) atoms. The van der Waals surface area contributed by atoms with Gasteiger partial charge >= 0.3 is 5.97 Å². The summed E-state index contributed by atoms with van der Waals surface area (Å²) in [5, 5.41) is 21.3. The Labute approximate surface area is 212 Å². The van der Waals surface area contributed by atoms with Gasteiger partial charge in [-0.2, -0.15) is 0 Å². The summed E-state index contributed by atoms with van der Waals surface area (Å²) in [6, 6.07) is 15.5. The third-order valence-corrected chi connectivity index (χ3v) is 6.17. The van der Waals surface area contributed by atoms with Crippen LogP contribution in [0.4, 0.5) is 0 Å². The van der Waals surface area contributed by atoms with Crippen LogP contribution in [0, 0.1) is 0 Å². The average molecular weight is 501 g/mol. The molecule has 188 valence electrons. The molecular weight excluding hydrogens is 476 g/mol. The number of benzene rings is 3. The minimum absolute atomic E-state index is 0.00262. The van der Waals surface area contributed by atoms with Crippen molar-refractivity contribution in [2.45, 2.75) is 19.3 Å². The molecule has 0 amide bonds. The second-order valence-electron chi connectivity index (χ2n) is 8.84. The number of phenolic OH excluding ortho intramolecular Hbond substituents is 2. The quantitative estimate of drug-likeness (QED) is 0.159. The molecule has 5 rings (SSSR count). The van der Waals surface area contributed by atoms with Gasteiger partial charge in [-0.3, -0.25) is 9.59 Å². The molecule has 8 nitrogen and oxygen atoms in total. The van der Waals surface area contributed by atoms with Crippen LogP contribution in [-0.4, -0.2) is 29.9 Å². The third kappa shape index (κ3) is 4.16. The monoisotopic (exact) mass is 500 g/mol. The van der Waals surface area contributed by atoms with E-state index in [0.29, 0.717) is 22.6 Å². The summed E-state index contributed by atoms with van der Waals surface area (Å²) in [6.45, 7) is 5.89. The standard InChI is InChI=1S/C29H24O8/c1-15(2)14-35-27-17(10-7-11-20(27)34-3)18-12-22(31)37-29-23(18)28-24(25(32)26(29)33)19(30)13-21(36-28)16-8-5-4-6-9-16/h4-11,13,18,32-33H,1,12,14H2,2-3H3/t18-/m1/s1. The highest BCUT2D eigenvalue weighted by Gasteiger charge is 2.38. The lowest BCUT2D eigenvalue weighted by molar-refractivity contribution is -0.135. The first-order valence-corrected chi connectivity index (χ1v) is 11.6. The zero-order chi connectivity index (χ0) is 26.3. The maximum Gasteiger partial charge on any atom is 0.312 e. The lowest BCUT2D eigenvalue weighted by atomic mass is 9.84. The number of carbonyl (C=O) groups excluding carboxylic acids is 1. The normalized spacial score (nSPS) is 14.6. The number of hydrogen-bond acceptors (Lipinski definition) is 8. The topological polar surface area (TPSA) is 115 Å². The minimum Gasteiger partial charge on any atom is -0.504 e. The Kier molecular flexibility index (Phi) is 6.09. The second kappa shape index (κ2) is 9.39. The van der Waals surface area contributed by atoms with Gasteiger partial charge in [-0.25, -0.2) is 0 Å². The minimum atomic E-state index is -0.755. The zero-order valence-electron chi connectivity index (χ0n) is 20.2. The fourth-order valence-corrected chi connectivity index (χ4v) is 4.54. The lowest BCUT2D eigenvalue weighted by Gasteiger charge is -2.28. The Balaban J connectivity index is 1.84. The summed E-state index contributed by atoms with van der Waals surface area (Å²) in [6.07, 6.45) is -0.137. The molecule has 0 saturated carbocycles. The molecule has 0 fully saturated rings. The predicted octanol–water partition coefficient (Wildman–Crippen LogP) is 5.28. The van der Waals surface area contributed by atoms with E-state index in [1.807, 2.05) is 13.0 Å². The van der Waals surface area contributed by atoms with E-state index in [4.69, 9.17) is 18.6 Å². The number of phenols is 2. The molecule has 3 aromatic carbocycles. The average Bonchev–Trinajstić information content (AvgIpc) is 2.89. The highest BCUT2D eigenvalue weighted by atomic mass is 16.5. The van der Waals surface area contributed by atoms with Crippen LogP contribution in [-0.2, 0) is 4.79 Å². The molecule has 0 aliphatic carbocycles. The van der Waals surface area contributed by atoms with Crippen LogP contribution in [0.5, 0.6) is 28.7 Å². The van der Waals surface area contributed by atoms with Crippen LogP contribution >= 0.6 is 0 Å². The van der Waals surface area contributed by atoms with Gasteiger partial charge in [-0.05, 0) is 18.6 Å². The number of carbonyl (C=O) groups is 1. The van der Waals surface area contributed by atoms with Gasteiger partial charge in [0.15, 0.2) is 28.4 Å². The van der Waals surface area contributed by atoms with Gasteiger partial charge in [0.05, 0.1) is 19.1 Å². The number of ether oxygens (including phenoxy) is 3. The first kappa shape index (κ1) is 24.0. The van der Waals surface area contributed by atoms with E-state index >= 15 is 0 Å². The number of esters is 1. The largest absolute Gasteiger partial charge is 0.504 e. The van der Waals surface area contributed by atoms with Gasteiger partial charge in [0, 0.05) is 23.1 Å². The van der Waals surface area contributed by atoms with Crippen LogP contribution in [0.3, 0.4) is 0 Å². The van der Waals surface area contributed by atoms with Gasteiger partial charge < -0.3 is 28.8 Å². The van der Waals surface area contributed by atoms with E-state index in [2.05, 4.69) is 6.58 Å². The number of rotatable bonds is 6. The Bertz CT molecular complexity index is 1600. The molecule has 0 bridgehead atoms. The molecule has 0 spiro atoms. The maximum atomic E-state index is 13.2. The highest BCUT2D eigenvalue weighted by molar-refractivity contribution is 5.96. The van der Waals surface area contributed by atoms with Crippen molar-refractivity contribution in [2.75, 3.05) is 13.7 Å². The van der Waals surface area contributed by atoms with Gasteiger partial charge in [0.25, 0.3) is 0 Å². The zero-order valence-corrected chi connectivity index (χ0v) is 20.2. The summed E-state index contributed by atoms with van der Waals surface area (Å²) in [7, 11) is 1.50.